The van der Waals surface area contributed by atoms with Crippen molar-refractivity contribution in [1.82, 2.24) is 10.2 Å². The van der Waals surface area contributed by atoms with Crippen LogP contribution in [0.4, 0.5) is 0 Å². The molecule has 0 aliphatic carbocycles. The van der Waals surface area contributed by atoms with E-state index < -0.39 is 12.1 Å². The minimum absolute atomic E-state index is 0.000920. The number of carbonyl (C=O) groups is 2. The maximum absolute atomic E-state index is 12.1. The van der Waals surface area contributed by atoms with E-state index in [2.05, 4.69) is 5.32 Å². The number of hydrogen-bond donors (Lipinski definition) is 2. The van der Waals surface area contributed by atoms with Crippen LogP contribution in [0.5, 0.6) is 0 Å². The van der Waals surface area contributed by atoms with Crippen LogP contribution in [0.3, 0.4) is 0 Å². The summed E-state index contributed by atoms with van der Waals surface area (Å²) in [5.74, 6) is -0.177. The van der Waals surface area contributed by atoms with Crippen molar-refractivity contribution in [2.75, 3.05) is 13.1 Å². The van der Waals surface area contributed by atoms with Crippen molar-refractivity contribution in [2.45, 2.75) is 52.1 Å². The van der Waals surface area contributed by atoms with Gasteiger partial charge in [-0.2, -0.15) is 0 Å². The van der Waals surface area contributed by atoms with Crippen molar-refractivity contribution in [3.8, 4) is 0 Å². The Kier molecular flexibility index (Phi) is 5.59. The molecule has 0 saturated carbocycles. The van der Waals surface area contributed by atoms with Gasteiger partial charge >= 0.3 is 0 Å². The zero-order valence-corrected chi connectivity index (χ0v) is 11.6. The SMILES string of the molecule is CC(NC(=O)[C@H](N)C(C)C)C(=O)N1CCCCC1. The molecule has 1 aliphatic rings. The van der Waals surface area contributed by atoms with Crippen LogP contribution in [0.2, 0.25) is 0 Å². The third-order valence-corrected chi connectivity index (χ3v) is 3.42. The molecular formula is C13H25N3O2. The molecule has 1 heterocycles. The molecule has 5 nitrogen and oxygen atoms in total. The zero-order chi connectivity index (χ0) is 13.7. The van der Waals surface area contributed by atoms with Crippen molar-refractivity contribution in [3.63, 3.8) is 0 Å². The van der Waals surface area contributed by atoms with Gasteiger partial charge in [0.25, 0.3) is 0 Å². The van der Waals surface area contributed by atoms with Crippen LogP contribution < -0.4 is 11.1 Å². The van der Waals surface area contributed by atoms with E-state index in [-0.39, 0.29) is 17.7 Å². The van der Waals surface area contributed by atoms with Gasteiger partial charge in [0.05, 0.1) is 6.04 Å². The molecule has 5 heteroatoms. The highest BCUT2D eigenvalue weighted by Crippen LogP contribution is 2.10. The first-order valence-electron chi connectivity index (χ1n) is 6.78. The lowest BCUT2D eigenvalue weighted by Crippen LogP contribution is -2.53. The summed E-state index contributed by atoms with van der Waals surface area (Å²) in [5.41, 5.74) is 5.75. The largest absolute Gasteiger partial charge is 0.343 e. The van der Waals surface area contributed by atoms with Gasteiger partial charge in [-0.25, -0.2) is 0 Å². The number of nitrogens with zero attached hydrogens (tertiary/aromatic N) is 1. The van der Waals surface area contributed by atoms with Crippen LogP contribution in [0.25, 0.3) is 0 Å². The van der Waals surface area contributed by atoms with Gasteiger partial charge in [0.15, 0.2) is 0 Å². The predicted molar refractivity (Wildman–Crippen MR) is 70.8 cm³/mol. The molecule has 0 spiro atoms. The van der Waals surface area contributed by atoms with E-state index in [1.54, 1.807) is 6.92 Å². The summed E-state index contributed by atoms with van der Waals surface area (Å²) in [6, 6.07) is -1.04. The Balaban J connectivity index is 2.46. The standard InChI is InChI=1S/C13H25N3O2/c1-9(2)11(14)12(17)15-10(3)13(18)16-7-5-4-6-8-16/h9-11H,4-8,14H2,1-3H3,(H,15,17)/t10?,11-/m1/s1. The molecule has 1 rings (SSSR count). The van der Waals surface area contributed by atoms with Crippen LogP contribution in [-0.4, -0.2) is 41.9 Å². The third-order valence-electron chi connectivity index (χ3n) is 3.42. The van der Waals surface area contributed by atoms with Gasteiger partial charge in [-0.15, -0.1) is 0 Å². The van der Waals surface area contributed by atoms with E-state index in [9.17, 15) is 9.59 Å². The summed E-state index contributed by atoms with van der Waals surface area (Å²) in [4.78, 5) is 25.7. The molecule has 2 atom stereocenters. The molecular weight excluding hydrogens is 230 g/mol. The number of amides is 2. The average Bonchev–Trinajstić information content (AvgIpc) is 2.37. The number of hydrogen-bond acceptors (Lipinski definition) is 3. The lowest BCUT2D eigenvalue weighted by atomic mass is 10.0. The van der Waals surface area contributed by atoms with E-state index in [1.165, 1.54) is 6.42 Å². The fourth-order valence-corrected chi connectivity index (χ4v) is 2.06. The Hall–Kier alpha value is -1.10. The molecule has 18 heavy (non-hydrogen) atoms. The molecule has 0 bridgehead atoms. The van der Waals surface area contributed by atoms with E-state index >= 15 is 0 Å². The topological polar surface area (TPSA) is 75.4 Å². The number of carbonyl (C=O) groups excluding carboxylic acids is 2. The van der Waals surface area contributed by atoms with Gasteiger partial charge in [-0.3, -0.25) is 9.59 Å². The smallest absolute Gasteiger partial charge is 0.244 e. The summed E-state index contributed by atoms with van der Waals surface area (Å²) in [7, 11) is 0. The van der Waals surface area contributed by atoms with E-state index in [0.29, 0.717) is 0 Å². The van der Waals surface area contributed by atoms with Crippen molar-refractivity contribution < 1.29 is 9.59 Å². The second kappa shape index (κ2) is 6.73. The van der Waals surface area contributed by atoms with Gasteiger partial charge in [0.1, 0.15) is 6.04 Å². The second-order valence-electron chi connectivity index (χ2n) is 5.39. The Morgan fingerprint density at radius 2 is 1.67 bits per heavy atom. The highest BCUT2D eigenvalue weighted by molar-refractivity contribution is 5.89. The van der Waals surface area contributed by atoms with Crippen LogP contribution in [-0.2, 0) is 9.59 Å². The molecule has 2 amide bonds. The van der Waals surface area contributed by atoms with Crippen molar-refractivity contribution in [1.29, 1.82) is 0 Å². The molecule has 3 N–H and O–H groups in total. The van der Waals surface area contributed by atoms with Crippen LogP contribution in [0.15, 0.2) is 0 Å². The monoisotopic (exact) mass is 255 g/mol. The summed E-state index contributed by atoms with van der Waals surface area (Å²) in [6.45, 7) is 7.11. The Labute approximate surface area is 109 Å². The highest BCUT2D eigenvalue weighted by atomic mass is 16.2. The number of rotatable bonds is 4. The first-order chi connectivity index (χ1) is 8.43. The average molecular weight is 255 g/mol. The van der Waals surface area contributed by atoms with Crippen molar-refractivity contribution in [2.24, 2.45) is 11.7 Å². The molecule has 0 aromatic heterocycles. The van der Waals surface area contributed by atoms with Crippen molar-refractivity contribution in [3.05, 3.63) is 0 Å². The number of nitrogens with one attached hydrogen (secondary N) is 1. The fourth-order valence-electron chi connectivity index (χ4n) is 2.06. The number of piperidine rings is 1. The Bertz CT molecular complexity index is 299. The molecule has 0 aromatic rings. The third kappa shape index (κ3) is 3.98. The maximum Gasteiger partial charge on any atom is 0.244 e. The summed E-state index contributed by atoms with van der Waals surface area (Å²) < 4.78 is 0. The quantitative estimate of drug-likeness (QED) is 0.767. The van der Waals surface area contributed by atoms with Gasteiger partial charge in [0.2, 0.25) is 11.8 Å². The molecule has 1 aliphatic heterocycles. The minimum atomic E-state index is -0.554. The highest BCUT2D eigenvalue weighted by Gasteiger charge is 2.25. The first kappa shape index (κ1) is 15.0. The molecule has 104 valence electrons. The van der Waals surface area contributed by atoms with Gasteiger partial charge in [-0.1, -0.05) is 13.8 Å². The first-order valence-corrected chi connectivity index (χ1v) is 6.78. The Morgan fingerprint density at radius 1 is 1.11 bits per heavy atom. The molecule has 1 unspecified atom stereocenters. The minimum Gasteiger partial charge on any atom is -0.343 e. The van der Waals surface area contributed by atoms with Crippen LogP contribution in [0.1, 0.15) is 40.0 Å². The molecule has 0 aromatic carbocycles. The van der Waals surface area contributed by atoms with E-state index in [4.69, 9.17) is 5.73 Å². The van der Waals surface area contributed by atoms with Crippen molar-refractivity contribution >= 4 is 11.8 Å². The predicted octanol–water partition coefficient (Wildman–Crippen LogP) is 0.487. The number of nitrogens with two attached hydrogens (primary N) is 1. The summed E-state index contributed by atoms with van der Waals surface area (Å²) in [6.07, 6.45) is 3.29. The second-order valence-corrected chi connectivity index (χ2v) is 5.39. The Morgan fingerprint density at radius 3 is 2.17 bits per heavy atom. The molecule has 1 saturated heterocycles. The van der Waals surface area contributed by atoms with Crippen LogP contribution >= 0.6 is 0 Å². The summed E-state index contributed by atoms with van der Waals surface area (Å²) in [5, 5.41) is 2.70. The normalized spacial score (nSPS) is 19.5. The van der Waals surface area contributed by atoms with Gasteiger partial charge in [0, 0.05) is 13.1 Å². The lowest BCUT2D eigenvalue weighted by molar-refractivity contribution is -0.137. The summed E-state index contributed by atoms with van der Waals surface area (Å²) >= 11 is 0. The van der Waals surface area contributed by atoms with E-state index in [0.717, 1.165) is 25.9 Å². The fraction of sp³-hybridized carbons (Fsp3) is 0.846. The van der Waals surface area contributed by atoms with Crippen LogP contribution in [0, 0.1) is 5.92 Å². The molecule has 0 radical (unpaired) electrons. The maximum atomic E-state index is 12.1. The lowest BCUT2D eigenvalue weighted by Gasteiger charge is -2.30. The van der Waals surface area contributed by atoms with Gasteiger partial charge < -0.3 is 16.0 Å². The zero-order valence-electron chi connectivity index (χ0n) is 11.6. The van der Waals surface area contributed by atoms with Gasteiger partial charge in [-0.05, 0) is 32.1 Å². The number of likely N-dealkylation sites (tertiary alicyclic amines) is 1. The molecule has 1 fully saturated rings. The van der Waals surface area contributed by atoms with E-state index in [1.807, 2.05) is 18.7 Å².